The molecule has 1 fully saturated rings. The maximum atomic E-state index is 12.2. The zero-order valence-electron chi connectivity index (χ0n) is 15.3. The topological polar surface area (TPSA) is 84.9 Å². The maximum Gasteiger partial charge on any atom is 0.340 e. The molecule has 7 heteroatoms. The molecule has 0 bridgehead atoms. The molecule has 142 valence electrons. The maximum absolute atomic E-state index is 12.2. The number of hydrogen-bond acceptors (Lipinski definition) is 5. The molecular weight excluding hydrogens is 336 g/mol. The summed E-state index contributed by atoms with van der Waals surface area (Å²) >= 11 is 0. The van der Waals surface area contributed by atoms with Crippen LogP contribution < -0.4 is 10.2 Å². The molecule has 1 N–H and O–H groups in total. The fourth-order valence-corrected chi connectivity index (χ4v) is 2.93. The van der Waals surface area contributed by atoms with Crippen LogP contribution in [0.15, 0.2) is 24.3 Å². The summed E-state index contributed by atoms with van der Waals surface area (Å²) in [6, 6.07) is 6.81. The Balaban J connectivity index is 2.02. The van der Waals surface area contributed by atoms with Gasteiger partial charge in [0.1, 0.15) is 0 Å². The Morgan fingerprint density at radius 2 is 1.92 bits per heavy atom. The molecule has 0 radical (unpaired) electrons. The lowest BCUT2D eigenvalue weighted by atomic mass is 9.99. The number of benzene rings is 1. The van der Waals surface area contributed by atoms with Crippen LogP contribution in [-0.2, 0) is 19.1 Å². The van der Waals surface area contributed by atoms with Crippen LogP contribution in [0.25, 0.3) is 0 Å². The minimum absolute atomic E-state index is 0.0181. The van der Waals surface area contributed by atoms with Crippen molar-refractivity contribution in [1.82, 2.24) is 5.32 Å². The zero-order chi connectivity index (χ0) is 18.9. The van der Waals surface area contributed by atoms with E-state index >= 15 is 0 Å². The molecule has 0 saturated carbocycles. The smallest absolute Gasteiger partial charge is 0.340 e. The van der Waals surface area contributed by atoms with Crippen molar-refractivity contribution in [2.75, 3.05) is 37.8 Å². The van der Waals surface area contributed by atoms with Crippen LogP contribution in [0.5, 0.6) is 0 Å². The first kappa shape index (κ1) is 19.9. The number of anilines is 1. The second kappa shape index (κ2) is 9.91. The molecule has 0 atom stereocenters. The molecule has 1 heterocycles. The first-order valence-corrected chi connectivity index (χ1v) is 8.94. The summed E-state index contributed by atoms with van der Waals surface area (Å²) in [6.45, 7) is 5.22. The summed E-state index contributed by atoms with van der Waals surface area (Å²) in [5.74, 6) is -0.737. The monoisotopic (exact) mass is 362 g/mol. The molecule has 1 saturated heterocycles. The van der Waals surface area contributed by atoms with Gasteiger partial charge >= 0.3 is 5.97 Å². The first-order valence-electron chi connectivity index (χ1n) is 8.94. The van der Waals surface area contributed by atoms with E-state index in [1.54, 1.807) is 31.2 Å². The number of esters is 1. The van der Waals surface area contributed by atoms with Gasteiger partial charge in [-0.3, -0.25) is 9.59 Å². The van der Waals surface area contributed by atoms with E-state index in [4.69, 9.17) is 9.47 Å². The van der Waals surface area contributed by atoms with Gasteiger partial charge in [-0.15, -0.1) is 0 Å². The number of carbonyl (C=O) groups is 3. The average molecular weight is 362 g/mol. The fraction of sp³-hybridized carbons (Fsp3) is 0.526. The van der Waals surface area contributed by atoms with Crippen LogP contribution in [0, 0.1) is 5.92 Å². The third-order valence-electron chi connectivity index (χ3n) is 4.30. The van der Waals surface area contributed by atoms with Gasteiger partial charge in [0.25, 0.3) is 0 Å². The number of nitrogens with zero attached hydrogens (tertiary/aromatic N) is 1. The summed E-state index contributed by atoms with van der Waals surface area (Å²) in [7, 11) is 0. The second-order valence-electron chi connectivity index (χ2n) is 6.09. The summed E-state index contributed by atoms with van der Waals surface area (Å²) in [5, 5.41) is 2.88. The molecule has 1 aliphatic heterocycles. The second-order valence-corrected chi connectivity index (χ2v) is 6.09. The Kier molecular flexibility index (Phi) is 7.59. The third-order valence-corrected chi connectivity index (χ3v) is 4.30. The van der Waals surface area contributed by atoms with Crippen LogP contribution in [0.3, 0.4) is 0 Å². The van der Waals surface area contributed by atoms with Crippen LogP contribution in [0.4, 0.5) is 5.69 Å². The Hall–Kier alpha value is -2.41. The van der Waals surface area contributed by atoms with Gasteiger partial charge in [0.05, 0.1) is 17.9 Å². The van der Waals surface area contributed by atoms with Gasteiger partial charge in [-0.1, -0.05) is 12.1 Å². The molecule has 0 aliphatic carbocycles. The minimum atomic E-state index is -0.472. The predicted octanol–water partition coefficient (Wildman–Crippen LogP) is 1.76. The van der Waals surface area contributed by atoms with Gasteiger partial charge in [-0.25, -0.2) is 4.79 Å². The summed E-state index contributed by atoms with van der Waals surface area (Å²) < 4.78 is 10.3. The molecule has 0 unspecified atom stereocenters. The highest BCUT2D eigenvalue weighted by Gasteiger charge is 2.23. The molecule has 2 amide bonds. The summed E-state index contributed by atoms with van der Waals surface area (Å²) in [5.41, 5.74) is 0.819. The number of amides is 2. The SMILES string of the molecule is CCOC(=O)c1ccccc1N(CCNC(=O)C1CCOCC1)C(C)=O. The summed E-state index contributed by atoms with van der Waals surface area (Å²) in [6.07, 6.45) is 1.43. The predicted molar refractivity (Wildman–Crippen MR) is 97.0 cm³/mol. The van der Waals surface area contributed by atoms with Gasteiger partial charge < -0.3 is 19.7 Å². The van der Waals surface area contributed by atoms with Gasteiger partial charge in [-0.05, 0) is 31.9 Å². The van der Waals surface area contributed by atoms with Gasteiger partial charge in [-0.2, -0.15) is 0 Å². The molecular formula is C19H26N2O5. The van der Waals surface area contributed by atoms with Gasteiger partial charge in [0.2, 0.25) is 11.8 Å². The van der Waals surface area contributed by atoms with E-state index < -0.39 is 5.97 Å². The fourth-order valence-electron chi connectivity index (χ4n) is 2.93. The molecule has 0 spiro atoms. The van der Waals surface area contributed by atoms with Crippen molar-refractivity contribution in [2.45, 2.75) is 26.7 Å². The van der Waals surface area contributed by atoms with Gasteiger partial charge in [0, 0.05) is 39.1 Å². The van der Waals surface area contributed by atoms with E-state index in [1.807, 2.05) is 0 Å². The third kappa shape index (κ3) is 5.29. The van der Waals surface area contributed by atoms with Crippen molar-refractivity contribution >= 4 is 23.5 Å². The molecule has 1 aliphatic rings. The van der Waals surface area contributed by atoms with E-state index in [0.717, 1.165) is 0 Å². The summed E-state index contributed by atoms with van der Waals surface area (Å²) in [4.78, 5) is 37.9. The number of rotatable bonds is 7. The van der Waals surface area contributed by atoms with Crippen LogP contribution in [0.1, 0.15) is 37.0 Å². The zero-order valence-corrected chi connectivity index (χ0v) is 15.3. The molecule has 0 aromatic heterocycles. The van der Waals surface area contributed by atoms with Crippen molar-refractivity contribution in [3.05, 3.63) is 29.8 Å². The largest absolute Gasteiger partial charge is 0.462 e. The normalized spacial score (nSPS) is 14.5. The lowest BCUT2D eigenvalue weighted by Gasteiger charge is -2.25. The number of ether oxygens (including phenoxy) is 2. The van der Waals surface area contributed by atoms with Crippen molar-refractivity contribution in [2.24, 2.45) is 5.92 Å². The Bertz CT molecular complexity index is 641. The molecule has 26 heavy (non-hydrogen) atoms. The van der Waals surface area contributed by atoms with E-state index in [1.165, 1.54) is 11.8 Å². The van der Waals surface area contributed by atoms with E-state index in [0.29, 0.717) is 43.9 Å². The van der Waals surface area contributed by atoms with Crippen LogP contribution in [0.2, 0.25) is 0 Å². The Labute approximate surface area is 153 Å². The Morgan fingerprint density at radius 3 is 2.58 bits per heavy atom. The highest BCUT2D eigenvalue weighted by molar-refractivity contribution is 6.02. The molecule has 2 rings (SSSR count). The lowest BCUT2D eigenvalue weighted by molar-refractivity contribution is -0.128. The quantitative estimate of drug-likeness (QED) is 0.747. The van der Waals surface area contributed by atoms with E-state index in [2.05, 4.69) is 5.32 Å². The van der Waals surface area contributed by atoms with Crippen molar-refractivity contribution < 1.29 is 23.9 Å². The molecule has 1 aromatic rings. The standard InChI is InChI=1S/C19H26N2O5/c1-3-26-19(24)16-6-4-5-7-17(16)21(14(2)22)11-10-20-18(23)15-8-12-25-13-9-15/h4-7,15H,3,8-13H2,1-2H3,(H,20,23). The molecule has 7 nitrogen and oxygen atoms in total. The van der Waals surface area contributed by atoms with Gasteiger partial charge in [0.15, 0.2) is 0 Å². The number of nitrogens with one attached hydrogen (secondary N) is 1. The highest BCUT2D eigenvalue weighted by atomic mass is 16.5. The highest BCUT2D eigenvalue weighted by Crippen LogP contribution is 2.21. The van der Waals surface area contributed by atoms with Crippen molar-refractivity contribution in [1.29, 1.82) is 0 Å². The lowest BCUT2D eigenvalue weighted by Crippen LogP contribution is -2.41. The number of hydrogen-bond donors (Lipinski definition) is 1. The number of carbonyl (C=O) groups excluding carboxylic acids is 3. The van der Waals surface area contributed by atoms with Crippen LogP contribution >= 0.6 is 0 Å². The van der Waals surface area contributed by atoms with E-state index in [-0.39, 0.29) is 30.9 Å². The minimum Gasteiger partial charge on any atom is -0.462 e. The Morgan fingerprint density at radius 1 is 1.23 bits per heavy atom. The number of para-hydroxylation sites is 1. The van der Waals surface area contributed by atoms with Crippen molar-refractivity contribution in [3.63, 3.8) is 0 Å². The van der Waals surface area contributed by atoms with Crippen LogP contribution in [-0.4, -0.2) is 50.7 Å². The first-order chi connectivity index (χ1) is 12.5. The van der Waals surface area contributed by atoms with Crippen molar-refractivity contribution in [3.8, 4) is 0 Å². The molecule has 1 aromatic carbocycles. The van der Waals surface area contributed by atoms with E-state index in [9.17, 15) is 14.4 Å². The average Bonchev–Trinajstić information content (AvgIpc) is 2.65.